The van der Waals surface area contributed by atoms with Crippen LogP contribution in [0.3, 0.4) is 0 Å². The Morgan fingerprint density at radius 1 is 0.889 bits per heavy atom. The van der Waals surface area contributed by atoms with Crippen LogP contribution in [0.25, 0.3) is 6.08 Å². The summed E-state index contributed by atoms with van der Waals surface area (Å²) in [7, 11) is 4.39. The Morgan fingerprint density at radius 2 is 1.61 bits per heavy atom. The molecule has 0 saturated carbocycles. The van der Waals surface area contributed by atoms with Crippen LogP contribution >= 0.6 is 11.8 Å². The summed E-state index contributed by atoms with van der Waals surface area (Å²) in [5.41, 5.74) is 1.52. The van der Waals surface area contributed by atoms with Gasteiger partial charge in [-0.15, -0.1) is 11.8 Å². The van der Waals surface area contributed by atoms with Crippen molar-refractivity contribution in [3.05, 3.63) is 89.6 Å². The van der Waals surface area contributed by atoms with Crippen molar-refractivity contribution in [2.75, 3.05) is 32.4 Å². The van der Waals surface area contributed by atoms with Crippen LogP contribution in [0.2, 0.25) is 0 Å². The molecule has 9 heteroatoms. The third-order valence-corrected chi connectivity index (χ3v) is 5.95. The molecule has 0 saturated heterocycles. The molecule has 0 unspecified atom stereocenters. The van der Waals surface area contributed by atoms with Gasteiger partial charge in [-0.3, -0.25) is 14.4 Å². The molecule has 0 aliphatic heterocycles. The van der Waals surface area contributed by atoms with Crippen LogP contribution in [-0.4, -0.2) is 44.9 Å². The van der Waals surface area contributed by atoms with Crippen LogP contribution < -0.4 is 20.1 Å². The molecule has 0 spiro atoms. The Labute approximate surface area is 213 Å². The molecule has 2 N–H and O–H groups in total. The second kappa shape index (κ2) is 13.0. The normalized spacial score (nSPS) is 10.8. The van der Waals surface area contributed by atoms with E-state index in [4.69, 9.17) is 9.47 Å². The first-order valence-corrected chi connectivity index (χ1v) is 11.8. The van der Waals surface area contributed by atoms with E-state index in [0.29, 0.717) is 28.3 Å². The number of anilines is 1. The van der Waals surface area contributed by atoms with Gasteiger partial charge in [0.05, 0.1) is 27.1 Å². The van der Waals surface area contributed by atoms with Gasteiger partial charge in [0.25, 0.3) is 11.8 Å². The van der Waals surface area contributed by atoms with Crippen molar-refractivity contribution in [1.82, 2.24) is 5.32 Å². The van der Waals surface area contributed by atoms with Crippen LogP contribution in [0.4, 0.5) is 5.69 Å². The molecule has 0 fully saturated rings. The van der Waals surface area contributed by atoms with E-state index in [0.717, 1.165) is 4.90 Å². The van der Waals surface area contributed by atoms with Crippen LogP contribution in [-0.2, 0) is 14.3 Å². The summed E-state index contributed by atoms with van der Waals surface area (Å²) in [5, 5.41) is 5.49. The highest BCUT2D eigenvalue weighted by Gasteiger charge is 2.16. The number of carbonyl (C=O) groups is 3. The zero-order valence-electron chi connectivity index (χ0n) is 20.1. The summed E-state index contributed by atoms with van der Waals surface area (Å²) >= 11 is 1.32. The first-order valence-electron chi connectivity index (χ1n) is 10.8. The maximum atomic E-state index is 13.2. The van der Waals surface area contributed by atoms with Gasteiger partial charge < -0.3 is 24.8 Å². The number of hydrogen-bond acceptors (Lipinski definition) is 7. The number of nitrogens with one attached hydrogen (secondary N) is 2. The average Bonchev–Trinajstić information content (AvgIpc) is 2.92. The SMILES string of the molecule is COC(=O)CSc1ccc(NC(=O)/C(=C/c2ccc(OC)cc2OC)NC(=O)c2ccccc2)cc1. The molecule has 3 rings (SSSR count). The minimum absolute atomic E-state index is 0.0245. The summed E-state index contributed by atoms with van der Waals surface area (Å²) < 4.78 is 15.3. The predicted molar refractivity (Wildman–Crippen MR) is 139 cm³/mol. The number of thioether (sulfide) groups is 1. The van der Waals surface area contributed by atoms with Gasteiger partial charge in [0.2, 0.25) is 0 Å². The van der Waals surface area contributed by atoms with Crippen LogP contribution in [0, 0.1) is 0 Å². The molecule has 186 valence electrons. The van der Waals surface area contributed by atoms with E-state index in [1.165, 1.54) is 32.1 Å². The molecule has 3 aromatic rings. The summed E-state index contributed by atoms with van der Waals surface area (Å²) in [6.45, 7) is 0. The molecule has 36 heavy (non-hydrogen) atoms. The number of esters is 1. The second-order valence-corrected chi connectivity index (χ2v) is 8.38. The summed E-state index contributed by atoms with van der Waals surface area (Å²) in [6, 6.07) is 20.7. The Morgan fingerprint density at radius 3 is 2.25 bits per heavy atom. The fourth-order valence-corrected chi connectivity index (χ4v) is 3.80. The first-order chi connectivity index (χ1) is 17.4. The van der Waals surface area contributed by atoms with Gasteiger partial charge in [-0.2, -0.15) is 0 Å². The lowest BCUT2D eigenvalue weighted by molar-refractivity contribution is -0.137. The zero-order chi connectivity index (χ0) is 25.9. The van der Waals surface area contributed by atoms with Gasteiger partial charge in [0, 0.05) is 27.8 Å². The number of amides is 2. The van der Waals surface area contributed by atoms with Crippen molar-refractivity contribution in [2.45, 2.75) is 4.90 Å². The van der Waals surface area contributed by atoms with E-state index in [1.807, 2.05) is 0 Å². The van der Waals surface area contributed by atoms with Crippen molar-refractivity contribution in [1.29, 1.82) is 0 Å². The van der Waals surface area contributed by atoms with Crippen LogP contribution in [0.5, 0.6) is 11.5 Å². The smallest absolute Gasteiger partial charge is 0.315 e. The van der Waals surface area contributed by atoms with Crippen LogP contribution in [0.15, 0.2) is 83.4 Å². The monoisotopic (exact) mass is 506 g/mol. The Bertz CT molecular complexity index is 1240. The Balaban J connectivity index is 1.85. The lowest BCUT2D eigenvalue weighted by atomic mass is 10.1. The van der Waals surface area contributed by atoms with Crippen molar-refractivity contribution < 1.29 is 28.6 Å². The molecule has 8 nitrogen and oxygen atoms in total. The number of ether oxygens (including phenoxy) is 3. The van der Waals surface area contributed by atoms with Crippen molar-refractivity contribution in [3.8, 4) is 11.5 Å². The third-order valence-electron chi connectivity index (χ3n) is 4.97. The average molecular weight is 507 g/mol. The molecule has 0 aliphatic rings. The van der Waals surface area contributed by atoms with Gasteiger partial charge >= 0.3 is 5.97 Å². The standard InChI is InChI=1S/C27H26N2O6S/c1-33-21-12-9-19(24(16-21)34-2)15-23(29-26(31)18-7-5-4-6-8-18)27(32)28-20-10-13-22(14-11-20)36-17-25(30)35-3/h4-16H,17H2,1-3H3,(H,28,32)(H,29,31)/b23-15-. The number of methoxy groups -OCH3 is 3. The molecule has 0 atom stereocenters. The van der Waals surface area contributed by atoms with E-state index < -0.39 is 11.8 Å². The quantitative estimate of drug-likeness (QED) is 0.239. The topological polar surface area (TPSA) is 103 Å². The number of hydrogen-bond donors (Lipinski definition) is 2. The van der Waals surface area contributed by atoms with Crippen molar-refractivity contribution in [2.24, 2.45) is 0 Å². The lowest BCUT2D eigenvalue weighted by Crippen LogP contribution is -2.30. The molecule has 0 radical (unpaired) electrons. The van der Waals surface area contributed by atoms with Crippen LogP contribution in [0.1, 0.15) is 15.9 Å². The zero-order valence-corrected chi connectivity index (χ0v) is 20.9. The highest BCUT2D eigenvalue weighted by atomic mass is 32.2. The number of rotatable bonds is 10. The number of carbonyl (C=O) groups excluding carboxylic acids is 3. The molecule has 3 aromatic carbocycles. The fraction of sp³-hybridized carbons (Fsp3) is 0.148. The van der Waals surface area contributed by atoms with E-state index in [-0.39, 0.29) is 17.4 Å². The third kappa shape index (κ3) is 7.38. The molecule has 0 aromatic heterocycles. The fourth-order valence-electron chi connectivity index (χ4n) is 3.07. The van der Waals surface area contributed by atoms with Crippen molar-refractivity contribution in [3.63, 3.8) is 0 Å². The Kier molecular flexibility index (Phi) is 9.53. The van der Waals surface area contributed by atoms with Gasteiger partial charge in [-0.25, -0.2) is 0 Å². The van der Waals surface area contributed by atoms with Gasteiger partial charge in [-0.1, -0.05) is 18.2 Å². The summed E-state index contributed by atoms with van der Waals surface area (Å²) in [4.78, 5) is 38.2. The van der Waals surface area contributed by atoms with Gasteiger partial charge in [0.1, 0.15) is 17.2 Å². The van der Waals surface area contributed by atoms with E-state index in [2.05, 4.69) is 15.4 Å². The minimum Gasteiger partial charge on any atom is -0.497 e. The molecular weight excluding hydrogens is 480 g/mol. The lowest BCUT2D eigenvalue weighted by Gasteiger charge is -2.13. The summed E-state index contributed by atoms with van der Waals surface area (Å²) in [5.74, 6) is -0.0277. The molecule has 0 aliphatic carbocycles. The predicted octanol–water partition coefficient (Wildman–Crippen LogP) is 4.38. The molecule has 0 bridgehead atoms. The maximum Gasteiger partial charge on any atom is 0.315 e. The number of benzene rings is 3. The second-order valence-electron chi connectivity index (χ2n) is 7.33. The van der Waals surface area contributed by atoms with E-state index in [1.54, 1.807) is 79.9 Å². The largest absolute Gasteiger partial charge is 0.497 e. The molecule has 2 amide bonds. The molecule has 0 heterocycles. The van der Waals surface area contributed by atoms with E-state index in [9.17, 15) is 14.4 Å². The Hall–Kier alpha value is -4.24. The minimum atomic E-state index is -0.521. The highest BCUT2D eigenvalue weighted by Crippen LogP contribution is 2.27. The molecular formula is C27H26N2O6S. The summed E-state index contributed by atoms with van der Waals surface area (Å²) in [6.07, 6.45) is 1.54. The maximum absolute atomic E-state index is 13.2. The highest BCUT2D eigenvalue weighted by molar-refractivity contribution is 8.00. The first kappa shape index (κ1) is 26.4. The van der Waals surface area contributed by atoms with Crippen molar-refractivity contribution >= 4 is 41.3 Å². The van der Waals surface area contributed by atoms with Gasteiger partial charge in [-0.05, 0) is 54.6 Å². The van der Waals surface area contributed by atoms with E-state index >= 15 is 0 Å². The van der Waals surface area contributed by atoms with Gasteiger partial charge in [0.15, 0.2) is 0 Å².